The molecule has 2 aromatic rings. The van der Waals surface area contributed by atoms with Crippen LogP contribution in [0.5, 0.6) is 0 Å². The third kappa shape index (κ3) is 3.18. The van der Waals surface area contributed by atoms with Gasteiger partial charge in [-0.15, -0.1) is 0 Å². The Morgan fingerprint density at radius 3 is 2.41 bits per heavy atom. The molecular formula is C12H9Br2FO2. The van der Waals surface area contributed by atoms with Crippen LogP contribution >= 0.6 is 31.9 Å². The van der Waals surface area contributed by atoms with Gasteiger partial charge in [0, 0.05) is 6.42 Å². The van der Waals surface area contributed by atoms with Gasteiger partial charge in [0.25, 0.3) is 0 Å². The van der Waals surface area contributed by atoms with Gasteiger partial charge in [0.1, 0.15) is 17.7 Å². The minimum Gasteiger partial charge on any atom is -0.450 e. The molecule has 1 aromatic carbocycles. The number of benzene rings is 1. The SMILES string of the molecule is OC(Cc1ccc(F)cc1)c1cc(Br)c(Br)o1. The summed E-state index contributed by atoms with van der Waals surface area (Å²) in [7, 11) is 0. The minimum absolute atomic E-state index is 0.285. The fraction of sp³-hybridized carbons (Fsp3) is 0.167. The monoisotopic (exact) mass is 362 g/mol. The molecule has 0 fully saturated rings. The molecule has 0 bridgehead atoms. The maximum Gasteiger partial charge on any atom is 0.183 e. The van der Waals surface area contributed by atoms with Crippen molar-refractivity contribution in [1.29, 1.82) is 0 Å². The number of aliphatic hydroxyl groups is 1. The average molecular weight is 364 g/mol. The standard InChI is InChI=1S/C12H9Br2FO2/c13-9-6-11(17-12(9)14)10(16)5-7-1-3-8(15)4-2-7/h1-4,6,10,16H,5H2. The molecule has 17 heavy (non-hydrogen) atoms. The second-order valence-electron chi connectivity index (χ2n) is 3.62. The number of hydrogen-bond donors (Lipinski definition) is 1. The van der Waals surface area contributed by atoms with Crippen LogP contribution in [0.25, 0.3) is 0 Å². The van der Waals surface area contributed by atoms with Gasteiger partial charge in [0.05, 0.1) is 4.47 Å². The predicted molar refractivity (Wildman–Crippen MR) is 69.2 cm³/mol. The van der Waals surface area contributed by atoms with Crippen molar-refractivity contribution in [3.63, 3.8) is 0 Å². The molecule has 5 heteroatoms. The summed E-state index contributed by atoms with van der Waals surface area (Å²) in [5.41, 5.74) is 0.850. The third-order valence-electron chi connectivity index (χ3n) is 2.33. The maximum atomic E-state index is 12.7. The van der Waals surface area contributed by atoms with Crippen LogP contribution in [-0.4, -0.2) is 5.11 Å². The van der Waals surface area contributed by atoms with E-state index in [2.05, 4.69) is 31.9 Å². The Balaban J connectivity index is 2.11. The van der Waals surface area contributed by atoms with Crippen molar-refractivity contribution < 1.29 is 13.9 Å². The Bertz CT molecular complexity index is 488. The van der Waals surface area contributed by atoms with Crippen LogP contribution in [0.1, 0.15) is 17.4 Å². The van der Waals surface area contributed by atoms with Crippen molar-refractivity contribution in [3.05, 3.63) is 56.6 Å². The zero-order chi connectivity index (χ0) is 12.4. The van der Waals surface area contributed by atoms with Gasteiger partial charge < -0.3 is 9.52 Å². The molecule has 2 rings (SSSR count). The highest BCUT2D eigenvalue weighted by atomic mass is 79.9. The van der Waals surface area contributed by atoms with Crippen LogP contribution in [0.3, 0.4) is 0 Å². The first-order valence-corrected chi connectivity index (χ1v) is 6.52. The molecule has 1 heterocycles. The van der Waals surface area contributed by atoms with E-state index < -0.39 is 6.10 Å². The molecule has 0 spiro atoms. The zero-order valence-electron chi connectivity index (χ0n) is 8.66. The van der Waals surface area contributed by atoms with Crippen LogP contribution < -0.4 is 0 Å². The van der Waals surface area contributed by atoms with Crippen LogP contribution in [0.2, 0.25) is 0 Å². The molecule has 0 radical (unpaired) electrons. The van der Waals surface area contributed by atoms with E-state index in [0.29, 0.717) is 16.9 Å². The van der Waals surface area contributed by atoms with Gasteiger partial charge in [-0.25, -0.2) is 4.39 Å². The molecule has 0 aliphatic rings. The van der Waals surface area contributed by atoms with Crippen LogP contribution in [-0.2, 0) is 6.42 Å². The normalized spacial score (nSPS) is 12.7. The second kappa shape index (κ2) is 5.33. The van der Waals surface area contributed by atoms with E-state index in [-0.39, 0.29) is 5.82 Å². The largest absolute Gasteiger partial charge is 0.450 e. The average Bonchev–Trinajstić information content (AvgIpc) is 2.63. The molecular weight excluding hydrogens is 355 g/mol. The molecule has 0 saturated heterocycles. The van der Waals surface area contributed by atoms with E-state index >= 15 is 0 Å². The Hall–Kier alpha value is -0.650. The second-order valence-corrected chi connectivity index (χ2v) is 5.19. The molecule has 0 saturated carbocycles. The van der Waals surface area contributed by atoms with Gasteiger partial charge in [-0.1, -0.05) is 12.1 Å². The minimum atomic E-state index is -0.747. The van der Waals surface area contributed by atoms with Crippen molar-refractivity contribution in [1.82, 2.24) is 0 Å². The van der Waals surface area contributed by atoms with Gasteiger partial charge in [0.15, 0.2) is 4.67 Å². The Morgan fingerprint density at radius 2 is 1.88 bits per heavy atom. The fourth-order valence-electron chi connectivity index (χ4n) is 1.47. The highest BCUT2D eigenvalue weighted by Gasteiger charge is 2.15. The van der Waals surface area contributed by atoms with E-state index in [1.54, 1.807) is 18.2 Å². The molecule has 90 valence electrons. The quantitative estimate of drug-likeness (QED) is 0.885. The summed E-state index contributed by atoms with van der Waals surface area (Å²) in [5, 5.41) is 9.95. The highest BCUT2D eigenvalue weighted by Crippen LogP contribution is 2.31. The third-order valence-corrected chi connectivity index (χ3v) is 4.05. The van der Waals surface area contributed by atoms with Gasteiger partial charge >= 0.3 is 0 Å². The lowest BCUT2D eigenvalue weighted by molar-refractivity contribution is 0.149. The summed E-state index contributed by atoms with van der Waals surface area (Å²) < 4.78 is 19.3. The Morgan fingerprint density at radius 1 is 1.24 bits per heavy atom. The van der Waals surface area contributed by atoms with Crippen LogP contribution in [0.15, 0.2) is 43.9 Å². The smallest absolute Gasteiger partial charge is 0.183 e. The van der Waals surface area contributed by atoms with E-state index in [4.69, 9.17) is 4.42 Å². The van der Waals surface area contributed by atoms with Crippen molar-refractivity contribution in [3.8, 4) is 0 Å². The molecule has 0 aliphatic carbocycles. The first-order chi connectivity index (χ1) is 8.06. The lowest BCUT2D eigenvalue weighted by Crippen LogP contribution is -2.00. The summed E-state index contributed by atoms with van der Waals surface area (Å²) in [5.74, 6) is 0.180. The van der Waals surface area contributed by atoms with Gasteiger partial charge in [-0.3, -0.25) is 0 Å². The molecule has 1 N–H and O–H groups in total. The number of furan rings is 1. The number of hydrogen-bond acceptors (Lipinski definition) is 2. The molecule has 2 nitrogen and oxygen atoms in total. The Labute approximate surface area is 115 Å². The van der Waals surface area contributed by atoms with Gasteiger partial charge in [-0.05, 0) is 55.6 Å². The highest BCUT2D eigenvalue weighted by molar-refractivity contribution is 9.13. The molecule has 0 amide bonds. The molecule has 1 aromatic heterocycles. The lowest BCUT2D eigenvalue weighted by Gasteiger charge is -2.07. The van der Waals surface area contributed by atoms with E-state index in [0.717, 1.165) is 10.0 Å². The van der Waals surface area contributed by atoms with Crippen molar-refractivity contribution in [2.45, 2.75) is 12.5 Å². The van der Waals surface area contributed by atoms with Crippen molar-refractivity contribution >= 4 is 31.9 Å². The van der Waals surface area contributed by atoms with Gasteiger partial charge in [0.2, 0.25) is 0 Å². The van der Waals surface area contributed by atoms with Crippen molar-refractivity contribution in [2.75, 3.05) is 0 Å². The lowest BCUT2D eigenvalue weighted by atomic mass is 10.1. The van der Waals surface area contributed by atoms with Crippen molar-refractivity contribution in [2.24, 2.45) is 0 Å². The predicted octanol–water partition coefficient (Wildman–Crippen LogP) is 4.22. The van der Waals surface area contributed by atoms with E-state index in [9.17, 15) is 9.50 Å². The number of aliphatic hydroxyl groups excluding tert-OH is 1. The van der Waals surface area contributed by atoms with Crippen LogP contribution in [0, 0.1) is 5.82 Å². The first kappa shape index (κ1) is 12.8. The topological polar surface area (TPSA) is 33.4 Å². The van der Waals surface area contributed by atoms with E-state index in [1.807, 2.05) is 0 Å². The van der Waals surface area contributed by atoms with Gasteiger partial charge in [-0.2, -0.15) is 0 Å². The fourth-order valence-corrected chi connectivity index (χ4v) is 2.08. The number of halogens is 3. The summed E-state index contributed by atoms with van der Waals surface area (Å²) in [6.07, 6.45) is -0.366. The van der Waals surface area contributed by atoms with Crippen LogP contribution in [0.4, 0.5) is 4.39 Å². The first-order valence-electron chi connectivity index (χ1n) is 4.93. The Kier molecular flexibility index (Phi) is 4.01. The summed E-state index contributed by atoms with van der Waals surface area (Å²) in [4.78, 5) is 0. The maximum absolute atomic E-state index is 12.7. The molecule has 1 unspecified atom stereocenters. The van der Waals surface area contributed by atoms with E-state index in [1.165, 1.54) is 12.1 Å². The molecule has 1 atom stereocenters. The molecule has 0 aliphatic heterocycles. The summed E-state index contributed by atoms with van der Waals surface area (Å²) >= 11 is 6.48. The number of rotatable bonds is 3. The zero-order valence-corrected chi connectivity index (χ0v) is 11.8. The summed E-state index contributed by atoms with van der Waals surface area (Å²) in [6, 6.07) is 7.74. The summed E-state index contributed by atoms with van der Waals surface area (Å²) in [6.45, 7) is 0.